The average molecular weight is 254 g/mol. The first kappa shape index (κ1) is 13.5. The van der Waals surface area contributed by atoms with E-state index < -0.39 is 0 Å². The lowest BCUT2D eigenvalue weighted by molar-refractivity contribution is 0.822. The Balaban J connectivity index is 2.26. The molecule has 0 saturated carbocycles. The molecule has 0 amide bonds. The Hall–Kier alpha value is -1.96. The number of benzene rings is 2. The first-order valence-electron chi connectivity index (χ1n) is 6.77. The number of hydrogen-bond donors (Lipinski definition) is 1. The summed E-state index contributed by atoms with van der Waals surface area (Å²) in [7, 11) is 0. The predicted molar refractivity (Wildman–Crippen MR) is 83.5 cm³/mol. The molecular weight excluding hydrogens is 232 g/mol. The van der Waals surface area contributed by atoms with Crippen LogP contribution in [0.2, 0.25) is 0 Å². The first-order valence-corrected chi connectivity index (χ1v) is 6.77. The van der Waals surface area contributed by atoms with Gasteiger partial charge in [-0.3, -0.25) is 0 Å². The van der Waals surface area contributed by atoms with E-state index in [4.69, 9.17) is 5.73 Å². The van der Waals surface area contributed by atoms with E-state index in [-0.39, 0.29) is 0 Å². The molecule has 0 saturated heterocycles. The van der Waals surface area contributed by atoms with Gasteiger partial charge in [-0.05, 0) is 61.7 Å². The normalized spacial score (nSPS) is 10.5. The minimum atomic E-state index is 0.812. The molecule has 2 aromatic rings. The highest BCUT2D eigenvalue weighted by atomic mass is 15.1. The second kappa shape index (κ2) is 5.79. The maximum atomic E-state index is 5.75. The zero-order chi connectivity index (χ0) is 13.8. The minimum Gasteiger partial charge on any atom is -0.399 e. The summed E-state index contributed by atoms with van der Waals surface area (Å²) in [4.78, 5) is 2.37. The van der Waals surface area contributed by atoms with Crippen molar-refractivity contribution in [1.82, 2.24) is 0 Å². The summed E-state index contributed by atoms with van der Waals surface area (Å²) in [6.07, 6.45) is 0. The zero-order valence-electron chi connectivity index (χ0n) is 12.0. The molecule has 2 heteroatoms. The molecule has 0 atom stereocenters. The summed E-state index contributed by atoms with van der Waals surface area (Å²) in [5.74, 6) is 0. The van der Waals surface area contributed by atoms with Gasteiger partial charge in [0.05, 0.1) is 0 Å². The minimum absolute atomic E-state index is 0.812. The number of rotatable bonds is 4. The smallest absolute Gasteiger partial charge is 0.0434 e. The molecule has 100 valence electrons. The molecule has 0 aromatic heterocycles. The highest BCUT2D eigenvalue weighted by Gasteiger charge is 2.09. The van der Waals surface area contributed by atoms with Gasteiger partial charge in [0.2, 0.25) is 0 Å². The Morgan fingerprint density at radius 1 is 0.947 bits per heavy atom. The molecule has 0 unspecified atom stereocenters. The first-order chi connectivity index (χ1) is 9.11. The van der Waals surface area contributed by atoms with Crippen LogP contribution in [0.25, 0.3) is 0 Å². The van der Waals surface area contributed by atoms with Crippen LogP contribution in [0.4, 0.5) is 11.4 Å². The lowest BCUT2D eigenvalue weighted by Crippen LogP contribution is -2.23. The monoisotopic (exact) mass is 254 g/mol. The van der Waals surface area contributed by atoms with Crippen LogP contribution in [-0.4, -0.2) is 6.54 Å². The van der Waals surface area contributed by atoms with E-state index in [1.165, 1.54) is 22.4 Å². The Morgan fingerprint density at radius 3 is 2.05 bits per heavy atom. The molecule has 0 aliphatic carbocycles. The van der Waals surface area contributed by atoms with E-state index in [1.54, 1.807) is 0 Å². The Morgan fingerprint density at radius 2 is 1.53 bits per heavy atom. The number of nitrogens with two attached hydrogens (primary N) is 1. The van der Waals surface area contributed by atoms with Gasteiger partial charge in [0, 0.05) is 24.5 Å². The van der Waals surface area contributed by atoms with Gasteiger partial charge in [-0.1, -0.05) is 18.2 Å². The molecule has 2 N–H and O–H groups in total. The zero-order valence-corrected chi connectivity index (χ0v) is 12.0. The summed E-state index contributed by atoms with van der Waals surface area (Å²) in [6, 6.07) is 14.6. The summed E-state index contributed by atoms with van der Waals surface area (Å²) in [6.45, 7) is 8.47. The average Bonchev–Trinajstić information content (AvgIpc) is 2.40. The van der Waals surface area contributed by atoms with Crippen LogP contribution >= 0.6 is 0 Å². The molecule has 2 rings (SSSR count). The van der Waals surface area contributed by atoms with Crippen molar-refractivity contribution in [3.8, 4) is 0 Å². The van der Waals surface area contributed by atoms with Gasteiger partial charge in [-0.25, -0.2) is 0 Å². The lowest BCUT2D eigenvalue weighted by atomic mass is 10.0. The summed E-state index contributed by atoms with van der Waals surface area (Å²) in [5, 5.41) is 0. The fourth-order valence-corrected chi connectivity index (χ4v) is 2.36. The fourth-order valence-electron chi connectivity index (χ4n) is 2.36. The van der Waals surface area contributed by atoms with Crippen molar-refractivity contribution in [2.75, 3.05) is 17.2 Å². The summed E-state index contributed by atoms with van der Waals surface area (Å²) >= 11 is 0. The quantitative estimate of drug-likeness (QED) is 0.838. The molecule has 0 bridgehead atoms. The second-order valence-electron chi connectivity index (χ2n) is 4.98. The number of hydrogen-bond acceptors (Lipinski definition) is 2. The van der Waals surface area contributed by atoms with E-state index in [0.717, 1.165) is 18.8 Å². The number of anilines is 2. The SMILES string of the molecule is CCN(Cc1c(C)cccc1C)c1ccc(N)cc1. The van der Waals surface area contributed by atoms with Crippen LogP contribution in [0.5, 0.6) is 0 Å². The third kappa shape index (κ3) is 3.08. The third-order valence-electron chi connectivity index (χ3n) is 3.63. The van der Waals surface area contributed by atoms with Crippen molar-refractivity contribution in [2.24, 2.45) is 0 Å². The Labute approximate surface area is 115 Å². The van der Waals surface area contributed by atoms with E-state index in [9.17, 15) is 0 Å². The molecule has 0 spiro atoms. The molecule has 2 nitrogen and oxygen atoms in total. The fraction of sp³-hybridized carbons (Fsp3) is 0.294. The van der Waals surface area contributed by atoms with Gasteiger partial charge in [0.15, 0.2) is 0 Å². The van der Waals surface area contributed by atoms with E-state index in [0.29, 0.717) is 0 Å². The molecule has 0 heterocycles. The van der Waals surface area contributed by atoms with E-state index >= 15 is 0 Å². The maximum absolute atomic E-state index is 5.75. The molecule has 0 aliphatic rings. The van der Waals surface area contributed by atoms with Crippen molar-refractivity contribution in [3.63, 3.8) is 0 Å². The standard InChI is InChI=1S/C17H22N2/c1-4-19(16-10-8-15(18)9-11-16)12-17-13(2)6-5-7-14(17)3/h5-11H,4,12,18H2,1-3H3. The molecule has 0 radical (unpaired) electrons. The Bertz CT molecular complexity index is 523. The summed E-state index contributed by atoms with van der Waals surface area (Å²) in [5.41, 5.74) is 11.9. The van der Waals surface area contributed by atoms with Crippen molar-refractivity contribution in [2.45, 2.75) is 27.3 Å². The largest absolute Gasteiger partial charge is 0.399 e. The van der Waals surface area contributed by atoms with Crippen LogP contribution in [-0.2, 0) is 6.54 Å². The van der Waals surface area contributed by atoms with Gasteiger partial charge in [0.25, 0.3) is 0 Å². The van der Waals surface area contributed by atoms with Crippen LogP contribution in [0.15, 0.2) is 42.5 Å². The highest BCUT2D eigenvalue weighted by molar-refractivity contribution is 5.54. The summed E-state index contributed by atoms with van der Waals surface area (Å²) < 4.78 is 0. The van der Waals surface area contributed by atoms with Crippen LogP contribution in [0.1, 0.15) is 23.6 Å². The van der Waals surface area contributed by atoms with Gasteiger partial charge in [-0.15, -0.1) is 0 Å². The number of nitrogens with zero attached hydrogens (tertiary/aromatic N) is 1. The number of aryl methyl sites for hydroxylation is 2. The topological polar surface area (TPSA) is 29.3 Å². The molecular formula is C17H22N2. The van der Waals surface area contributed by atoms with Crippen LogP contribution in [0, 0.1) is 13.8 Å². The van der Waals surface area contributed by atoms with E-state index in [2.05, 4.69) is 56.0 Å². The van der Waals surface area contributed by atoms with E-state index in [1.807, 2.05) is 12.1 Å². The highest BCUT2D eigenvalue weighted by Crippen LogP contribution is 2.21. The predicted octanol–water partition coefficient (Wildman–Crippen LogP) is 3.91. The maximum Gasteiger partial charge on any atom is 0.0434 e. The third-order valence-corrected chi connectivity index (χ3v) is 3.63. The van der Waals surface area contributed by atoms with Crippen molar-refractivity contribution in [3.05, 3.63) is 59.2 Å². The van der Waals surface area contributed by atoms with Crippen LogP contribution < -0.4 is 10.6 Å². The van der Waals surface area contributed by atoms with Gasteiger partial charge < -0.3 is 10.6 Å². The second-order valence-corrected chi connectivity index (χ2v) is 4.98. The molecule has 2 aromatic carbocycles. The van der Waals surface area contributed by atoms with Gasteiger partial charge in [0.1, 0.15) is 0 Å². The van der Waals surface area contributed by atoms with Crippen molar-refractivity contribution in [1.29, 1.82) is 0 Å². The van der Waals surface area contributed by atoms with Gasteiger partial charge >= 0.3 is 0 Å². The van der Waals surface area contributed by atoms with Crippen LogP contribution in [0.3, 0.4) is 0 Å². The van der Waals surface area contributed by atoms with Crippen molar-refractivity contribution >= 4 is 11.4 Å². The molecule has 0 fully saturated rings. The molecule has 0 aliphatic heterocycles. The number of nitrogen functional groups attached to an aromatic ring is 1. The van der Waals surface area contributed by atoms with Crippen molar-refractivity contribution < 1.29 is 0 Å². The van der Waals surface area contributed by atoms with Gasteiger partial charge in [-0.2, -0.15) is 0 Å². The Kier molecular flexibility index (Phi) is 4.10. The molecule has 19 heavy (non-hydrogen) atoms. The lowest BCUT2D eigenvalue weighted by Gasteiger charge is -2.25.